The third-order valence-electron chi connectivity index (χ3n) is 3.91. The van der Waals surface area contributed by atoms with E-state index in [1.54, 1.807) is 0 Å². The van der Waals surface area contributed by atoms with Crippen LogP contribution in [0.3, 0.4) is 0 Å². The molecule has 1 atom stereocenters. The molecule has 1 unspecified atom stereocenters. The molecule has 2 heterocycles. The summed E-state index contributed by atoms with van der Waals surface area (Å²) in [4.78, 5) is 41.3. The fourth-order valence-corrected chi connectivity index (χ4v) is 2.61. The zero-order chi connectivity index (χ0) is 16.2. The van der Waals surface area contributed by atoms with E-state index >= 15 is 0 Å². The molecule has 0 bridgehead atoms. The first kappa shape index (κ1) is 15.5. The molecule has 0 saturated carbocycles. The van der Waals surface area contributed by atoms with Crippen LogP contribution in [-0.4, -0.2) is 47.1 Å². The highest BCUT2D eigenvalue weighted by atomic mass is 16.7. The summed E-state index contributed by atoms with van der Waals surface area (Å²) < 4.78 is 5.78. The number of rotatable bonds is 4. The second-order valence-electron chi connectivity index (χ2n) is 5.59. The minimum atomic E-state index is -0.681. The second-order valence-corrected chi connectivity index (χ2v) is 5.59. The van der Waals surface area contributed by atoms with Crippen molar-refractivity contribution < 1.29 is 24.0 Å². The molecule has 122 valence electrons. The maximum absolute atomic E-state index is 12.0. The van der Waals surface area contributed by atoms with Crippen molar-refractivity contribution in [3.63, 3.8) is 0 Å². The zero-order valence-corrected chi connectivity index (χ0v) is 12.6. The summed E-state index contributed by atoms with van der Waals surface area (Å²) in [6.45, 7) is 1.36. The number of nitrogens with zero attached hydrogens (tertiary/aromatic N) is 2. The van der Waals surface area contributed by atoms with Crippen LogP contribution in [0.15, 0.2) is 30.3 Å². The maximum atomic E-state index is 12.0. The van der Waals surface area contributed by atoms with Gasteiger partial charge < -0.3 is 14.5 Å². The second kappa shape index (κ2) is 6.78. The Labute approximate surface area is 133 Å². The number of hydrogen-bond donors (Lipinski definition) is 0. The van der Waals surface area contributed by atoms with Gasteiger partial charge >= 0.3 is 6.09 Å². The summed E-state index contributed by atoms with van der Waals surface area (Å²) in [5.41, 5.74) is 1.07. The molecule has 2 aliphatic heterocycles. The van der Waals surface area contributed by atoms with Gasteiger partial charge in [-0.1, -0.05) is 30.3 Å². The van der Waals surface area contributed by atoms with E-state index in [-0.39, 0.29) is 18.9 Å². The van der Waals surface area contributed by atoms with Gasteiger partial charge in [0.25, 0.3) is 11.8 Å². The van der Waals surface area contributed by atoms with E-state index in [0.29, 0.717) is 31.2 Å². The Bertz CT molecular complexity index is 588. The van der Waals surface area contributed by atoms with Crippen LogP contribution >= 0.6 is 0 Å². The van der Waals surface area contributed by atoms with Crippen LogP contribution < -0.4 is 0 Å². The van der Waals surface area contributed by atoms with Crippen molar-refractivity contribution in [3.05, 3.63) is 35.9 Å². The lowest BCUT2D eigenvalue weighted by atomic mass is 10.2. The smallest absolute Gasteiger partial charge is 0.372 e. The summed E-state index contributed by atoms with van der Waals surface area (Å²) in [6, 6.07) is 9.79. The Morgan fingerprint density at radius 3 is 2.52 bits per heavy atom. The Kier molecular flexibility index (Phi) is 4.57. The van der Waals surface area contributed by atoms with Crippen molar-refractivity contribution in [2.75, 3.05) is 13.1 Å². The number of hydrogen-bond acceptors (Lipinski definition) is 5. The van der Waals surface area contributed by atoms with Crippen molar-refractivity contribution in [1.82, 2.24) is 9.96 Å². The van der Waals surface area contributed by atoms with E-state index in [4.69, 9.17) is 9.57 Å². The van der Waals surface area contributed by atoms with Crippen LogP contribution in [0.5, 0.6) is 0 Å². The zero-order valence-electron chi connectivity index (χ0n) is 12.6. The quantitative estimate of drug-likeness (QED) is 0.786. The van der Waals surface area contributed by atoms with E-state index in [1.165, 1.54) is 4.90 Å². The number of imide groups is 1. The van der Waals surface area contributed by atoms with Crippen molar-refractivity contribution in [1.29, 1.82) is 0 Å². The van der Waals surface area contributed by atoms with Crippen molar-refractivity contribution >= 4 is 17.9 Å². The summed E-state index contributed by atoms with van der Waals surface area (Å²) in [6.07, 6.45) is 0.125. The van der Waals surface area contributed by atoms with Gasteiger partial charge in [-0.2, -0.15) is 0 Å². The Hall–Kier alpha value is -2.41. The van der Waals surface area contributed by atoms with Crippen molar-refractivity contribution in [2.24, 2.45) is 0 Å². The molecule has 0 N–H and O–H groups in total. The maximum Gasteiger partial charge on any atom is 0.434 e. The molecule has 0 aromatic heterocycles. The molecular formula is C16H18N2O5. The van der Waals surface area contributed by atoms with Gasteiger partial charge in [-0.25, -0.2) is 4.79 Å². The summed E-state index contributed by atoms with van der Waals surface area (Å²) >= 11 is 0. The van der Waals surface area contributed by atoms with E-state index in [1.807, 2.05) is 30.3 Å². The van der Waals surface area contributed by atoms with Crippen molar-refractivity contribution in [3.8, 4) is 0 Å². The molecule has 0 spiro atoms. The minimum Gasteiger partial charge on any atom is -0.372 e. The predicted molar refractivity (Wildman–Crippen MR) is 78.8 cm³/mol. The molecule has 3 amide bonds. The number of benzene rings is 1. The third-order valence-corrected chi connectivity index (χ3v) is 3.91. The van der Waals surface area contributed by atoms with Gasteiger partial charge in [0.2, 0.25) is 0 Å². The van der Waals surface area contributed by atoms with E-state index in [9.17, 15) is 14.4 Å². The first-order valence-corrected chi connectivity index (χ1v) is 7.61. The third kappa shape index (κ3) is 3.68. The van der Waals surface area contributed by atoms with Gasteiger partial charge in [-0.05, 0) is 12.0 Å². The van der Waals surface area contributed by atoms with Gasteiger partial charge in [0.05, 0.1) is 19.3 Å². The van der Waals surface area contributed by atoms with Gasteiger partial charge in [-0.3, -0.25) is 9.59 Å². The summed E-state index contributed by atoms with van der Waals surface area (Å²) in [5, 5.41) is 0.570. The molecule has 7 nitrogen and oxygen atoms in total. The largest absolute Gasteiger partial charge is 0.434 e. The average molecular weight is 318 g/mol. The highest BCUT2D eigenvalue weighted by Crippen LogP contribution is 2.18. The van der Waals surface area contributed by atoms with Crippen LogP contribution in [-0.2, 0) is 25.8 Å². The standard InChI is InChI=1S/C16H18N2O5/c19-14-6-7-15(20)18(14)23-16(21)17-9-8-13(10-17)22-11-12-4-2-1-3-5-12/h1-5,13H,6-11H2. The summed E-state index contributed by atoms with van der Waals surface area (Å²) in [7, 11) is 0. The average Bonchev–Trinajstić information content (AvgIpc) is 3.16. The summed E-state index contributed by atoms with van der Waals surface area (Å²) in [5.74, 6) is -0.946. The van der Waals surface area contributed by atoms with Crippen LogP contribution in [0, 0.1) is 0 Å². The molecule has 2 saturated heterocycles. The fourth-order valence-electron chi connectivity index (χ4n) is 2.61. The van der Waals surface area contributed by atoms with Crippen LogP contribution in [0.2, 0.25) is 0 Å². The molecule has 0 radical (unpaired) electrons. The minimum absolute atomic E-state index is 0.0762. The lowest BCUT2D eigenvalue weighted by Gasteiger charge is -2.19. The Morgan fingerprint density at radius 1 is 1.13 bits per heavy atom. The Morgan fingerprint density at radius 2 is 1.83 bits per heavy atom. The molecule has 3 rings (SSSR count). The van der Waals surface area contributed by atoms with Gasteiger partial charge in [0.15, 0.2) is 0 Å². The topological polar surface area (TPSA) is 76.2 Å². The highest BCUT2D eigenvalue weighted by molar-refractivity contribution is 6.01. The number of amides is 3. The van der Waals surface area contributed by atoms with Gasteiger partial charge in [-0.15, -0.1) is 5.06 Å². The first-order chi connectivity index (χ1) is 11.1. The SMILES string of the molecule is O=C(ON1C(=O)CCC1=O)N1CCC(OCc2ccccc2)C1. The van der Waals surface area contributed by atoms with E-state index in [2.05, 4.69) is 0 Å². The number of hydroxylamine groups is 2. The fraction of sp³-hybridized carbons (Fsp3) is 0.438. The molecule has 1 aromatic rings. The molecular weight excluding hydrogens is 300 g/mol. The molecule has 0 aliphatic carbocycles. The monoisotopic (exact) mass is 318 g/mol. The number of carbonyl (C=O) groups is 3. The lowest BCUT2D eigenvalue weighted by molar-refractivity contribution is -0.173. The molecule has 23 heavy (non-hydrogen) atoms. The number of likely N-dealkylation sites (tertiary alicyclic amines) is 1. The normalized spacial score (nSPS) is 21.1. The molecule has 7 heteroatoms. The van der Waals surface area contributed by atoms with Crippen LogP contribution in [0.1, 0.15) is 24.8 Å². The van der Waals surface area contributed by atoms with E-state index in [0.717, 1.165) is 5.56 Å². The highest BCUT2D eigenvalue weighted by Gasteiger charge is 2.36. The predicted octanol–water partition coefficient (Wildman–Crippen LogP) is 1.48. The number of ether oxygens (including phenoxy) is 1. The van der Waals surface area contributed by atoms with Crippen LogP contribution in [0.4, 0.5) is 4.79 Å². The van der Waals surface area contributed by atoms with Crippen LogP contribution in [0.25, 0.3) is 0 Å². The first-order valence-electron chi connectivity index (χ1n) is 7.61. The molecule has 2 aliphatic rings. The van der Waals surface area contributed by atoms with Crippen molar-refractivity contribution in [2.45, 2.75) is 32.0 Å². The Balaban J connectivity index is 1.46. The lowest BCUT2D eigenvalue weighted by Crippen LogP contribution is -2.39. The van der Waals surface area contributed by atoms with Gasteiger partial charge in [0, 0.05) is 19.4 Å². The van der Waals surface area contributed by atoms with Gasteiger partial charge in [0.1, 0.15) is 0 Å². The molecule has 2 fully saturated rings. The molecule has 1 aromatic carbocycles. The van der Waals surface area contributed by atoms with E-state index < -0.39 is 17.9 Å². The number of carbonyl (C=O) groups excluding carboxylic acids is 3.